The first-order valence-corrected chi connectivity index (χ1v) is 6.73. The molecule has 1 saturated heterocycles. The van der Waals surface area contributed by atoms with Crippen LogP contribution in [0.15, 0.2) is 6.07 Å². The average Bonchev–Trinajstić information content (AvgIpc) is 2.45. The van der Waals surface area contributed by atoms with E-state index < -0.39 is 0 Å². The van der Waals surface area contributed by atoms with Gasteiger partial charge in [0.2, 0.25) is 5.88 Å². The van der Waals surface area contributed by atoms with Gasteiger partial charge in [0.15, 0.2) is 0 Å². The predicted octanol–water partition coefficient (Wildman–Crippen LogP) is 0.135. The van der Waals surface area contributed by atoms with E-state index in [1.165, 1.54) is 0 Å². The molecule has 0 saturated carbocycles. The molecule has 0 bridgehead atoms. The van der Waals surface area contributed by atoms with Gasteiger partial charge in [-0.05, 0) is 6.92 Å². The van der Waals surface area contributed by atoms with E-state index in [1.54, 1.807) is 7.11 Å². The van der Waals surface area contributed by atoms with Crippen LogP contribution in [0.4, 0.5) is 5.82 Å². The largest absolute Gasteiger partial charge is 0.481 e. The van der Waals surface area contributed by atoms with Gasteiger partial charge in [-0.1, -0.05) is 0 Å². The predicted molar refractivity (Wildman–Crippen MR) is 75.9 cm³/mol. The van der Waals surface area contributed by atoms with E-state index in [-0.39, 0.29) is 0 Å². The van der Waals surface area contributed by atoms with Gasteiger partial charge >= 0.3 is 0 Å². The zero-order chi connectivity index (χ0) is 13.7. The van der Waals surface area contributed by atoms with Crippen molar-refractivity contribution in [2.45, 2.75) is 6.92 Å². The van der Waals surface area contributed by atoms with Crippen molar-refractivity contribution in [2.75, 3.05) is 58.3 Å². The van der Waals surface area contributed by atoms with Gasteiger partial charge in [0.25, 0.3) is 0 Å². The Morgan fingerprint density at radius 1 is 1.37 bits per heavy atom. The Labute approximate surface area is 114 Å². The number of piperazine rings is 1. The van der Waals surface area contributed by atoms with E-state index in [1.807, 2.05) is 13.0 Å². The van der Waals surface area contributed by atoms with Crippen LogP contribution in [-0.4, -0.2) is 68.3 Å². The van der Waals surface area contributed by atoms with Crippen LogP contribution in [-0.2, 0) is 0 Å². The Bertz CT molecular complexity index is 406. The number of likely N-dealkylation sites (N-methyl/N-ethyl adjacent to an activating group) is 1. The third-order valence-corrected chi connectivity index (χ3v) is 3.36. The maximum Gasteiger partial charge on any atom is 0.218 e. The molecule has 0 aromatic carbocycles. The molecule has 6 heteroatoms. The highest BCUT2D eigenvalue weighted by molar-refractivity contribution is 5.40. The van der Waals surface area contributed by atoms with E-state index in [0.29, 0.717) is 5.88 Å². The van der Waals surface area contributed by atoms with Crippen LogP contribution in [0.5, 0.6) is 5.88 Å². The van der Waals surface area contributed by atoms with Gasteiger partial charge in [-0.15, -0.1) is 0 Å². The lowest BCUT2D eigenvalue weighted by Gasteiger charge is -2.29. The Hall–Kier alpha value is -1.40. The van der Waals surface area contributed by atoms with Crippen LogP contribution in [0.3, 0.4) is 0 Å². The molecule has 0 radical (unpaired) electrons. The van der Waals surface area contributed by atoms with Gasteiger partial charge in [0.1, 0.15) is 11.6 Å². The van der Waals surface area contributed by atoms with Crippen molar-refractivity contribution in [3.63, 3.8) is 0 Å². The van der Waals surface area contributed by atoms with Crippen molar-refractivity contribution < 1.29 is 4.74 Å². The van der Waals surface area contributed by atoms with Gasteiger partial charge in [-0.2, -0.15) is 4.98 Å². The number of rotatable bonds is 5. The average molecular weight is 265 g/mol. The fourth-order valence-corrected chi connectivity index (χ4v) is 2.17. The summed E-state index contributed by atoms with van der Waals surface area (Å²) < 4.78 is 5.18. The third-order valence-electron chi connectivity index (χ3n) is 3.36. The number of hydrogen-bond donors (Lipinski definition) is 1. The van der Waals surface area contributed by atoms with Crippen LogP contribution in [0.2, 0.25) is 0 Å². The van der Waals surface area contributed by atoms with Gasteiger partial charge in [0, 0.05) is 52.4 Å². The van der Waals surface area contributed by atoms with E-state index in [9.17, 15) is 0 Å². The Morgan fingerprint density at radius 2 is 2.11 bits per heavy atom. The molecule has 1 N–H and O–H groups in total. The van der Waals surface area contributed by atoms with Crippen molar-refractivity contribution in [1.29, 1.82) is 0 Å². The smallest absolute Gasteiger partial charge is 0.218 e. The van der Waals surface area contributed by atoms with Crippen molar-refractivity contribution in [3.8, 4) is 5.88 Å². The highest BCUT2D eigenvalue weighted by Crippen LogP contribution is 2.15. The number of ether oxygens (including phenoxy) is 1. The Morgan fingerprint density at radius 3 is 2.79 bits per heavy atom. The summed E-state index contributed by atoms with van der Waals surface area (Å²) in [6.45, 7) is 8.33. The van der Waals surface area contributed by atoms with Gasteiger partial charge in [-0.3, -0.25) is 4.90 Å². The monoisotopic (exact) mass is 265 g/mol. The molecule has 2 heterocycles. The van der Waals surface area contributed by atoms with Crippen molar-refractivity contribution in [2.24, 2.45) is 0 Å². The lowest BCUT2D eigenvalue weighted by molar-refractivity contribution is 0.246. The van der Waals surface area contributed by atoms with E-state index in [2.05, 4.69) is 32.1 Å². The summed E-state index contributed by atoms with van der Waals surface area (Å²) in [6.07, 6.45) is 0. The lowest BCUT2D eigenvalue weighted by Crippen LogP contribution is -2.46. The highest BCUT2D eigenvalue weighted by Gasteiger charge is 2.12. The molecule has 2 rings (SSSR count). The van der Waals surface area contributed by atoms with Crippen molar-refractivity contribution in [3.05, 3.63) is 11.9 Å². The summed E-state index contributed by atoms with van der Waals surface area (Å²) in [6, 6.07) is 1.88. The maximum absolute atomic E-state index is 5.18. The molecule has 0 spiro atoms. The first-order valence-electron chi connectivity index (χ1n) is 6.73. The maximum atomic E-state index is 5.18. The second-order valence-corrected chi connectivity index (χ2v) is 4.83. The Kier molecular flexibility index (Phi) is 4.93. The first-order chi connectivity index (χ1) is 9.19. The summed E-state index contributed by atoms with van der Waals surface area (Å²) in [5.41, 5.74) is 0. The van der Waals surface area contributed by atoms with Crippen LogP contribution >= 0.6 is 0 Å². The van der Waals surface area contributed by atoms with E-state index in [4.69, 9.17) is 4.74 Å². The number of nitrogens with zero attached hydrogens (tertiary/aromatic N) is 4. The van der Waals surface area contributed by atoms with Gasteiger partial charge in [-0.25, -0.2) is 4.98 Å². The fourth-order valence-electron chi connectivity index (χ4n) is 2.17. The number of hydrogen-bond acceptors (Lipinski definition) is 6. The zero-order valence-corrected chi connectivity index (χ0v) is 12.0. The molecule has 1 aliphatic rings. The number of aryl methyl sites for hydroxylation is 1. The second-order valence-electron chi connectivity index (χ2n) is 4.83. The SMILES string of the molecule is COc1cc(N(C)CCN2CCNCC2)nc(C)n1. The van der Waals surface area contributed by atoms with Crippen LogP contribution in [0.1, 0.15) is 5.82 Å². The second kappa shape index (κ2) is 6.68. The molecule has 0 unspecified atom stereocenters. The molecule has 19 heavy (non-hydrogen) atoms. The molecule has 1 fully saturated rings. The lowest BCUT2D eigenvalue weighted by atomic mass is 10.3. The molecule has 1 aromatic rings. The summed E-state index contributed by atoms with van der Waals surface area (Å²) >= 11 is 0. The van der Waals surface area contributed by atoms with Crippen molar-refractivity contribution in [1.82, 2.24) is 20.2 Å². The summed E-state index contributed by atoms with van der Waals surface area (Å²) in [7, 11) is 3.69. The quantitative estimate of drug-likeness (QED) is 0.817. The third kappa shape index (κ3) is 4.04. The number of nitrogens with one attached hydrogen (secondary N) is 1. The van der Waals surface area contributed by atoms with Crippen LogP contribution in [0, 0.1) is 6.92 Å². The minimum absolute atomic E-state index is 0.622. The molecule has 6 nitrogen and oxygen atoms in total. The molecule has 1 aliphatic heterocycles. The standard InChI is InChI=1S/C13H23N5O/c1-11-15-12(10-13(16-11)19-3)17(2)8-9-18-6-4-14-5-7-18/h10,14H,4-9H2,1-3H3. The molecular formula is C13H23N5O. The fraction of sp³-hybridized carbons (Fsp3) is 0.692. The normalized spacial score (nSPS) is 16.4. The minimum Gasteiger partial charge on any atom is -0.481 e. The molecule has 0 aliphatic carbocycles. The molecule has 0 atom stereocenters. The van der Waals surface area contributed by atoms with Crippen molar-refractivity contribution >= 4 is 5.82 Å². The van der Waals surface area contributed by atoms with E-state index in [0.717, 1.165) is 50.9 Å². The zero-order valence-electron chi connectivity index (χ0n) is 12.0. The molecule has 0 amide bonds. The first kappa shape index (κ1) is 14.0. The highest BCUT2D eigenvalue weighted by atomic mass is 16.5. The number of methoxy groups -OCH3 is 1. The molecule has 106 valence electrons. The number of aromatic nitrogens is 2. The van der Waals surface area contributed by atoms with Crippen LogP contribution in [0.25, 0.3) is 0 Å². The van der Waals surface area contributed by atoms with E-state index >= 15 is 0 Å². The molecular weight excluding hydrogens is 242 g/mol. The number of anilines is 1. The summed E-state index contributed by atoms with van der Waals surface area (Å²) in [5, 5.41) is 3.36. The Balaban J connectivity index is 1.91. The minimum atomic E-state index is 0.622. The summed E-state index contributed by atoms with van der Waals surface area (Å²) in [4.78, 5) is 13.3. The molecule has 1 aromatic heterocycles. The topological polar surface area (TPSA) is 53.5 Å². The van der Waals surface area contributed by atoms with Gasteiger partial charge in [0.05, 0.1) is 7.11 Å². The van der Waals surface area contributed by atoms with Crippen LogP contribution < -0.4 is 15.0 Å². The summed E-state index contributed by atoms with van der Waals surface area (Å²) in [5.74, 6) is 2.28. The van der Waals surface area contributed by atoms with Gasteiger partial charge < -0.3 is 15.0 Å².